The first-order chi connectivity index (χ1) is 14.7. The Kier molecular flexibility index (Phi) is 5.98. The normalized spacial score (nSPS) is 17.9. The summed E-state index contributed by atoms with van der Waals surface area (Å²) in [5, 5.41) is 13.5. The molecule has 1 amide bonds. The van der Waals surface area contributed by atoms with E-state index < -0.39 is 29.0 Å². The molecule has 2 heterocycles. The molecule has 0 saturated carbocycles. The zero-order chi connectivity index (χ0) is 22.3. The van der Waals surface area contributed by atoms with Crippen molar-refractivity contribution in [1.29, 1.82) is 0 Å². The molecular formula is C21H19Cl2F3N2O3. The second-order valence-corrected chi connectivity index (χ2v) is 8.60. The monoisotopic (exact) mass is 474 g/mol. The molecule has 0 unspecified atom stereocenters. The summed E-state index contributed by atoms with van der Waals surface area (Å²) in [5.41, 5.74) is -0.587. The van der Waals surface area contributed by atoms with Gasteiger partial charge in [0.2, 0.25) is 5.91 Å². The van der Waals surface area contributed by atoms with Crippen LogP contribution < -0.4 is 15.0 Å². The van der Waals surface area contributed by atoms with Crippen molar-refractivity contribution in [3.05, 3.63) is 51.3 Å². The average molecular weight is 475 g/mol. The van der Waals surface area contributed by atoms with E-state index in [1.807, 2.05) is 4.90 Å². The van der Waals surface area contributed by atoms with Crippen LogP contribution >= 0.6 is 23.2 Å². The Hall–Kier alpha value is -2.16. The minimum absolute atomic E-state index is 0.0679. The van der Waals surface area contributed by atoms with Crippen molar-refractivity contribution >= 4 is 40.5 Å². The fraction of sp³-hybridized carbons (Fsp3) is 0.381. The number of carbonyl (C=O) groups excluding carboxylic acids is 1. The Morgan fingerprint density at radius 1 is 1.06 bits per heavy atom. The molecular weight excluding hydrogens is 456 g/mol. The van der Waals surface area contributed by atoms with Gasteiger partial charge in [0, 0.05) is 37.2 Å². The molecule has 1 fully saturated rings. The quantitative estimate of drug-likeness (QED) is 0.630. The van der Waals surface area contributed by atoms with Crippen LogP contribution in [0.15, 0.2) is 18.2 Å². The van der Waals surface area contributed by atoms with E-state index in [4.69, 9.17) is 27.9 Å². The van der Waals surface area contributed by atoms with E-state index in [1.54, 1.807) is 0 Å². The van der Waals surface area contributed by atoms with Crippen LogP contribution in [0.5, 0.6) is 5.75 Å². The molecule has 2 N–H and O–H groups in total. The van der Waals surface area contributed by atoms with E-state index in [1.165, 1.54) is 12.1 Å². The standard InChI is InChI=1S/C21H19Cl2F3N2O3/c22-12-7-13(23)16(8-14(12)24)28-5-3-21(30,4-6-28)10-31-17-9-15(25)19(26)20-11(17)1-2-18(29)27-20/h7-9,30H,1-6,10H2,(H,27,29). The summed E-state index contributed by atoms with van der Waals surface area (Å²) < 4.78 is 47.5. The number of nitrogens with zero attached hydrogens (tertiary/aromatic N) is 1. The number of rotatable bonds is 4. The molecule has 0 atom stereocenters. The molecule has 0 radical (unpaired) electrons. The van der Waals surface area contributed by atoms with Crippen LogP contribution in [0.3, 0.4) is 0 Å². The molecule has 31 heavy (non-hydrogen) atoms. The molecule has 2 aliphatic heterocycles. The van der Waals surface area contributed by atoms with Gasteiger partial charge in [-0.15, -0.1) is 0 Å². The van der Waals surface area contributed by atoms with E-state index in [9.17, 15) is 23.1 Å². The van der Waals surface area contributed by atoms with Crippen molar-refractivity contribution in [1.82, 2.24) is 0 Å². The minimum Gasteiger partial charge on any atom is -0.490 e. The third-order valence-corrected chi connectivity index (χ3v) is 6.27. The van der Waals surface area contributed by atoms with Crippen LogP contribution in [-0.4, -0.2) is 36.3 Å². The molecule has 10 heteroatoms. The van der Waals surface area contributed by atoms with Crippen LogP contribution in [0.4, 0.5) is 24.5 Å². The summed E-state index contributed by atoms with van der Waals surface area (Å²) in [7, 11) is 0. The van der Waals surface area contributed by atoms with Crippen molar-refractivity contribution in [2.45, 2.75) is 31.3 Å². The highest BCUT2D eigenvalue weighted by Gasteiger charge is 2.35. The SMILES string of the molecule is O=C1CCc2c(OCC3(O)CCN(c4cc(F)c(Cl)cc4Cl)CC3)cc(F)c(F)c2N1. The number of fused-ring (bicyclic) bond motifs is 1. The number of hydrogen-bond acceptors (Lipinski definition) is 4. The molecule has 0 bridgehead atoms. The van der Waals surface area contributed by atoms with E-state index in [0.29, 0.717) is 29.4 Å². The van der Waals surface area contributed by atoms with Gasteiger partial charge in [-0.2, -0.15) is 0 Å². The van der Waals surface area contributed by atoms with Crippen molar-refractivity contribution in [3.63, 3.8) is 0 Å². The summed E-state index contributed by atoms with van der Waals surface area (Å²) in [6.07, 6.45) is 0.916. The van der Waals surface area contributed by atoms with E-state index in [2.05, 4.69) is 5.32 Å². The first kappa shape index (κ1) is 22.0. The molecule has 2 aromatic rings. The van der Waals surface area contributed by atoms with Crippen molar-refractivity contribution in [2.75, 3.05) is 29.9 Å². The first-order valence-corrected chi connectivity index (χ1v) is 10.5. The van der Waals surface area contributed by atoms with Gasteiger partial charge in [-0.3, -0.25) is 4.79 Å². The summed E-state index contributed by atoms with van der Waals surface area (Å²) in [6, 6.07) is 3.52. The lowest BCUT2D eigenvalue weighted by molar-refractivity contribution is -0.116. The van der Waals surface area contributed by atoms with Gasteiger partial charge in [-0.1, -0.05) is 23.2 Å². The molecule has 0 spiro atoms. The molecule has 5 nitrogen and oxygen atoms in total. The highest BCUT2D eigenvalue weighted by Crippen LogP contribution is 2.37. The largest absolute Gasteiger partial charge is 0.490 e. The molecule has 2 aliphatic rings. The average Bonchev–Trinajstić information content (AvgIpc) is 2.73. The molecule has 0 aromatic heterocycles. The van der Waals surface area contributed by atoms with Crippen molar-refractivity contribution < 1.29 is 27.8 Å². The minimum atomic E-state index is -1.22. The lowest BCUT2D eigenvalue weighted by Gasteiger charge is -2.39. The summed E-state index contributed by atoms with van der Waals surface area (Å²) in [4.78, 5) is 13.4. The number of hydrogen-bond donors (Lipinski definition) is 2. The van der Waals surface area contributed by atoms with Gasteiger partial charge in [0.05, 0.1) is 21.4 Å². The number of piperidine rings is 1. The maximum absolute atomic E-state index is 14.1. The topological polar surface area (TPSA) is 61.8 Å². The first-order valence-electron chi connectivity index (χ1n) is 9.72. The second-order valence-electron chi connectivity index (χ2n) is 7.79. The summed E-state index contributed by atoms with van der Waals surface area (Å²) in [6.45, 7) is 0.619. The van der Waals surface area contributed by atoms with Gasteiger partial charge in [0.25, 0.3) is 0 Å². The molecule has 1 saturated heterocycles. The fourth-order valence-corrected chi connectivity index (χ4v) is 4.37. The Morgan fingerprint density at radius 2 is 1.77 bits per heavy atom. The number of ether oxygens (including phenoxy) is 1. The third kappa shape index (κ3) is 4.42. The lowest BCUT2D eigenvalue weighted by atomic mass is 9.92. The zero-order valence-corrected chi connectivity index (χ0v) is 17.8. The van der Waals surface area contributed by atoms with Crippen LogP contribution in [0.2, 0.25) is 10.0 Å². The van der Waals surface area contributed by atoms with Crippen molar-refractivity contribution in [3.8, 4) is 5.75 Å². The number of nitrogens with one attached hydrogen (secondary N) is 1. The Morgan fingerprint density at radius 3 is 2.48 bits per heavy atom. The van der Waals surface area contributed by atoms with E-state index in [0.717, 1.165) is 6.07 Å². The van der Waals surface area contributed by atoms with Gasteiger partial charge in [-0.05, 0) is 25.3 Å². The lowest BCUT2D eigenvalue weighted by Crippen LogP contribution is -2.48. The number of aliphatic hydroxyl groups is 1. The highest BCUT2D eigenvalue weighted by atomic mass is 35.5. The molecule has 2 aromatic carbocycles. The predicted octanol–water partition coefficient (Wildman–Crippen LogP) is 4.71. The fourth-order valence-electron chi connectivity index (χ4n) is 3.86. The van der Waals surface area contributed by atoms with Crippen LogP contribution in [-0.2, 0) is 11.2 Å². The van der Waals surface area contributed by atoms with E-state index in [-0.39, 0.29) is 48.7 Å². The van der Waals surface area contributed by atoms with Gasteiger partial charge in [0.15, 0.2) is 11.6 Å². The maximum Gasteiger partial charge on any atom is 0.224 e. The number of anilines is 2. The predicted molar refractivity (Wildman–Crippen MR) is 112 cm³/mol. The Labute approximate surface area is 186 Å². The number of amides is 1. The van der Waals surface area contributed by atoms with Crippen LogP contribution in [0.1, 0.15) is 24.8 Å². The number of carbonyl (C=O) groups is 1. The number of halogens is 5. The third-order valence-electron chi connectivity index (χ3n) is 5.67. The summed E-state index contributed by atoms with van der Waals surface area (Å²) >= 11 is 11.9. The number of benzene rings is 2. The highest BCUT2D eigenvalue weighted by molar-refractivity contribution is 6.36. The molecule has 166 valence electrons. The summed E-state index contributed by atoms with van der Waals surface area (Å²) in [5.74, 6) is -3.16. The maximum atomic E-state index is 14.1. The Bertz CT molecular complexity index is 1040. The van der Waals surface area contributed by atoms with Crippen LogP contribution in [0.25, 0.3) is 0 Å². The van der Waals surface area contributed by atoms with E-state index >= 15 is 0 Å². The Balaban J connectivity index is 1.45. The van der Waals surface area contributed by atoms with Gasteiger partial charge in [-0.25, -0.2) is 13.2 Å². The molecule has 0 aliphatic carbocycles. The second kappa shape index (κ2) is 8.41. The smallest absolute Gasteiger partial charge is 0.224 e. The molecule has 4 rings (SSSR count). The van der Waals surface area contributed by atoms with Crippen molar-refractivity contribution in [2.24, 2.45) is 0 Å². The van der Waals surface area contributed by atoms with Crippen LogP contribution in [0, 0.1) is 17.5 Å². The van der Waals surface area contributed by atoms with Gasteiger partial charge in [0.1, 0.15) is 23.8 Å². The van der Waals surface area contributed by atoms with Gasteiger partial charge < -0.3 is 20.1 Å². The van der Waals surface area contributed by atoms with Gasteiger partial charge >= 0.3 is 0 Å². The zero-order valence-electron chi connectivity index (χ0n) is 16.3.